The van der Waals surface area contributed by atoms with Crippen LogP contribution in [0.4, 0.5) is 10.1 Å². The molecule has 4 heteroatoms. The third kappa shape index (κ3) is 2.54. The second kappa shape index (κ2) is 5.30. The van der Waals surface area contributed by atoms with E-state index in [1.165, 1.54) is 12.1 Å². The van der Waals surface area contributed by atoms with E-state index in [1.54, 1.807) is 0 Å². The molecule has 0 fully saturated rings. The zero-order valence-electron chi connectivity index (χ0n) is 11.8. The van der Waals surface area contributed by atoms with E-state index in [4.69, 9.17) is 5.73 Å². The molecule has 0 aromatic heterocycles. The molecule has 0 radical (unpaired) electrons. The number of benzene rings is 2. The summed E-state index contributed by atoms with van der Waals surface area (Å²) < 4.78 is 13.9. The summed E-state index contributed by atoms with van der Waals surface area (Å²) in [6.07, 6.45) is 0.932. The van der Waals surface area contributed by atoms with E-state index in [2.05, 4.69) is 5.32 Å². The fraction of sp³-hybridized carbons (Fsp3) is 0.235. The third-order valence-corrected chi connectivity index (χ3v) is 3.96. The lowest BCUT2D eigenvalue weighted by Gasteiger charge is -2.24. The zero-order valence-corrected chi connectivity index (χ0v) is 11.8. The first-order valence-corrected chi connectivity index (χ1v) is 6.99. The number of rotatable bonds is 2. The van der Waals surface area contributed by atoms with Crippen molar-refractivity contribution in [3.8, 4) is 0 Å². The van der Waals surface area contributed by atoms with Gasteiger partial charge in [0.05, 0.1) is 6.04 Å². The molecular weight excluding hydrogens is 267 g/mol. The Morgan fingerprint density at radius 2 is 1.95 bits per heavy atom. The van der Waals surface area contributed by atoms with Gasteiger partial charge < -0.3 is 11.1 Å². The highest BCUT2D eigenvalue weighted by atomic mass is 19.1. The van der Waals surface area contributed by atoms with E-state index in [9.17, 15) is 9.18 Å². The molecule has 3 N–H and O–H groups in total. The number of nitrogens with two attached hydrogens (primary N) is 1. The van der Waals surface area contributed by atoms with Gasteiger partial charge in [-0.1, -0.05) is 24.3 Å². The lowest BCUT2D eigenvalue weighted by Crippen LogP contribution is -2.24. The molecule has 3 nitrogen and oxygen atoms in total. The van der Waals surface area contributed by atoms with E-state index in [0.717, 1.165) is 16.7 Å². The average Bonchev–Trinajstić information content (AvgIpc) is 2.47. The highest BCUT2D eigenvalue weighted by Crippen LogP contribution is 2.34. The largest absolute Gasteiger partial charge is 0.325 e. The molecule has 1 amide bonds. The Morgan fingerprint density at radius 1 is 1.19 bits per heavy atom. The first-order chi connectivity index (χ1) is 10.1. The standard InChI is InChI=1S/C17H17FN2O/c1-10-4-2-3-5-13(10)16(19)14-9-12(18)8-11-6-7-15(21)20-17(11)14/h2-5,8-9,16H,6-7,19H2,1H3,(H,20,21). The molecule has 108 valence electrons. The fourth-order valence-corrected chi connectivity index (χ4v) is 2.83. The lowest BCUT2D eigenvalue weighted by molar-refractivity contribution is -0.116. The number of fused-ring (bicyclic) bond motifs is 1. The topological polar surface area (TPSA) is 55.1 Å². The van der Waals surface area contributed by atoms with Crippen LogP contribution in [0.15, 0.2) is 36.4 Å². The Kier molecular flexibility index (Phi) is 3.47. The minimum atomic E-state index is -0.464. The first-order valence-electron chi connectivity index (χ1n) is 6.99. The number of nitrogens with one attached hydrogen (secondary N) is 1. The third-order valence-electron chi connectivity index (χ3n) is 3.96. The predicted molar refractivity (Wildman–Crippen MR) is 80.6 cm³/mol. The fourth-order valence-electron chi connectivity index (χ4n) is 2.83. The molecule has 1 aliphatic rings. The van der Waals surface area contributed by atoms with Crippen LogP contribution in [0.25, 0.3) is 0 Å². The molecule has 1 aliphatic heterocycles. The number of hydrogen-bond acceptors (Lipinski definition) is 2. The van der Waals surface area contributed by atoms with Gasteiger partial charge in [-0.15, -0.1) is 0 Å². The van der Waals surface area contributed by atoms with Crippen LogP contribution in [0.2, 0.25) is 0 Å². The van der Waals surface area contributed by atoms with Gasteiger partial charge >= 0.3 is 0 Å². The quantitative estimate of drug-likeness (QED) is 0.890. The molecule has 0 saturated carbocycles. The van der Waals surface area contributed by atoms with Crippen LogP contribution >= 0.6 is 0 Å². The SMILES string of the molecule is Cc1ccccc1C(N)c1cc(F)cc2c1NC(=O)CC2. The van der Waals surface area contributed by atoms with Gasteiger partial charge in [-0.25, -0.2) is 4.39 Å². The Bertz CT molecular complexity index is 712. The maximum atomic E-state index is 13.9. The minimum Gasteiger partial charge on any atom is -0.325 e. The number of hydrogen-bond donors (Lipinski definition) is 2. The van der Waals surface area contributed by atoms with Crippen molar-refractivity contribution in [1.82, 2.24) is 0 Å². The van der Waals surface area contributed by atoms with Crippen LogP contribution in [0.1, 0.15) is 34.7 Å². The number of carbonyl (C=O) groups is 1. The van der Waals surface area contributed by atoms with Gasteiger partial charge in [-0.05, 0) is 42.2 Å². The summed E-state index contributed by atoms with van der Waals surface area (Å²) in [5.74, 6) is -0.365. The van der Waals surface area contributed by atoms with Crippen LogP contribution in [0.3, 0.4) is 0 Å². The van der Waals surface area contributed by atoms with Crippen molar-refractivity contribution >= 4 is 11.6 Å². The Labute approximate surface area is 123 Å². The molecule has 1 heterocycles. The molecule has 1 unspecified atom stereocenters. The van der Waals surface area contributed by atoms with E-state index in [0.29, 0.717) is 24.1 Å². The van der Waals surface area contributed by atoms with Crippen molar-refractivity contribution in [2.24, 2.45) is 5.73 Å². The Morgan fingerprint density at radius 3 is 2.71 bits per heavy atom. The summed E-state index contributed by atoms with van der Waals surface area (Å²) in [6.45, 7) is 1.97. The molecular formula is C17H17FN2O. The zero-order chi connectivity index (χ0) is 15.0. The molecule has 21 heavy (non-hydrogen) atoms. The Hall–Kier alpha value is -2.20. The number of aryl methyl sites for hydroxylation is 2. The van der Waals surface area contributed by atoms with Gasteiger partial charge in [0.2, 0.25) is 5.91 Å². The highest BCUT2D eigenvalue weighted by molar-refractivity contribution is 5.95. The van der Waals surface area contributed by atoms with Gasteiger partial charge in [-0.3, -0.25) is 4.79 Å². The molecule has 2 aromatic rings. The normalized spacial score (nSPS) is 15.3. The molecule has 3 rings (SSSR count). The van der Waals surface area contributed by atoms with Crippen LogP contribution < -0.4 is 11.1 Å². The molecule has 2 aromatic carbocycles. The van der Waals surface area contributed by atoms with E-state index in [1.807, 2.05) is 31.2 Å². The average molecular weight is 284 g/mol. The van der Waals surface area contributed by atoms with Crippen molar-refractivity contribution in [2.45, 2.75) is 25.8 Å². The number of anilines is 1. The van der Waals surface area contributed by atoms with Crippen LogP contribution in [0, 0.1) is 12.7 Å². The summed E-state index contributed by atoms with van der Waals surface area (Å²) in [4.78, 5) is 11.6. The van der Waals surface area contributed by atoms with Crippen molar-refractivity contribution in [3.05, 3.63) is 64.5 Å². The van der Waals surface area contributed by atoms with Crippen molar-refractivity contribution in [2.75, 3.05) is 5.32 Å². The molecule has 0 spiro atoms. The minimum absolute atomic E-state index is 0.0488. The van der Waals surface area contributed by atoms with Gasteiger partial charge in [0.25, 0.3) is 0 Å². The van der Waals surface area contributed by atoms with Crippen molar-refractivity contribution in [1.29, 1.82) is 0 Å². The summed E-state index contributed by atoms with van der Waals surface area (Å²) in [5, 5.41) is 2.84. The van der Waals surface area contributed by atoms with Gasteiger partial charge in [0.1, 0.15) is 5.82 Å². The smallest absolute Gasteiger partial charge is 0.224 e. The monoisotopic (exact) mass is 284 g/mol. The van der Waals surface area contributed by atoms with E-state index >= 15 is 0 Å². The number of amides is 1. The second-order valence-electron chi connectivity index (χ2n) is 5.41. The van der Waals surface area contributed by atoms with Gasteiger partial charge in [-0.2, -0.15) is 0 Å². The second-order valence-corrected chi connectivity index (χ2v) is 5.41. The maximum absolute atomic E-state index is 13.9. The lowest BCUT2D eigenvalue weighted by atomic mass is 9.90. The maximum Gasteiger partial charge on any atom is 0.224 e. The molecule has 0 bridgehead atoms. The van der Waals surface area contributed by atoms with Gasteiger partial charge in [0, 0.05) is 17.7 Å². The number of carbonyl (C=O) groups excluding carboxylic acids is 1. The van der Waals surface area contributed by atoms with Crippen LogP contribution in [-0.4, -0.2) is 5.91 Å². The predicted octanol–water partition coefficient (Wildman–Crippen LogP) is 3.07. The van der Waals surface area contributed by atoms with Gasteiger partial charge in [0.15, 0.2) is 0 Å². The summed E-state index contributed by atoms with van der Waals surface area (Å²) >= 11 is 0. The van der Waals surface area contributed by atoms with Crippen molar-refractivity contribution < 1.29 is 9.18 Å². The molecule has 0 aliphatic carbocycles. The summed E-state index contributed by atoms with van der Waals surface area (Å²) in [5.41, 5.74) is 10.4. The van der Waals surface area contributed by atoms with E-state index < -0.39 is 6.04 Å². The molecule has 0 saturated heterocycles. The van der Waals surface area contributed by atoms with Crippen LogP contribution in [0.5, 0.6) is 0 Å². The summed E-state index contributed by atoms with van der Waals surface area (Å²) in [7, 11) is 0. The number of halogens is 1. The summed E-state index contributed by atoms with van der Waals surface area (Å²) in [6, 6.07) is 10.2. The van der Waals surface area contributed by atoms with Crippen molar-refractivity contribution in [3.63, 3.8) is 0 Å². The first kappa shape index (κ1) is 13.8. The van der Waals surface area contributed by atoms with Crippen LogP contribution in [-0.2, 0) is 11.2 Å². The van der Waals surface area contributed by atoms with E-state index in [-0.39, 0.29) is 11.7 Å². The Balaban J connectivity index is 2.12. The molecule has 1 atom stereocenters. The highest BCUT2D eigenvalue weighted by Gasteiger charge is 2.23.